The number of hydrogen-bond donors (Lipinski definition) is 0. The van der Waals surface area contributed by atoms with Crippen molar-refractivity contribution >= 4 is 28.2 Å². The monoisotopic (exact) mass is 483 g/mol. The van der Waals surface area contributed by atoms with Gasteiger partial charge in [-0.05, 0) is 29.3 Å². The summed E-state index contributed by atoms with van der Waals surface area (Å²) in [4.78, 5) is 32.1. The number of rotatable bonds is 7. The van der Waals surface area contributed by atoms with Crippen LogP contribution in [0.25, 0.3) is 10.9 Å². The molecule has 0 fully saturated rings. The number of benzene rings is 3. The summed E-state index contributed by atoms with van der Waals surface area (Å²) in [5, 5.41) is 17.6. The molecule has 0 spiro atoms. The molecule has 5 rings (SSSR count). The second-order valence-electron chi connectivity index (χ2n) is 8.07. The maximum absolute atomic E-state index is 13.3. The first-order valence-corrected chi connectivity index (χ1v) is 11.1. The van der Waals surface area contributed by atoms with Crippen LogP contribution < -0.4 is 9.47 Å². The summed E-state index contributed by atoms with van der Waals surface area (Å²) in [6.45, 7) is -0.318. The van der Waals surface area contributed by atoms with Gasteiger partial charge in [-0.25, -0.2) is 15.0 Å². The van der Waals surface area contributed by atoms with Gasteiger partial charge in [0.1, 0.15) is 12.1 Å². The second kappa shape index (κ2) is 9.79. The van der Waals surface area contributed by atoms with E-state index in [1.54, 1.807) is 7.11 Å². The second-order valence-corrected chi connectivity index (χ2v) is 8.07. The Morgan fingerprint density at radius 2 is 1.86 bits per heavy atom. The minimum atomic E-state index is -0.499. The number of methoxy groups -OCH3 is 1. The zero-order valence-corrected chi connectivity index (χ0v) is 19.3. The average molecular weight is 483 g/mol. The Hall–Kier alpha value is -4.86. The molecule has 180 valence electrons. The predicted molar refractivity (Wildman–Crippen MR) is 132 cm³/mol. The number of amides is 1. The minimum Gasteiger partial charge on any atom is -0.497 e. The van der Waals surface area contributed by atoms with E-state index in [4.69, 9.17) is 9.47 Å². The molecule has 0 N–H and O–H groups in total. The molecule has 0 aliphatic carbocycles. The number of nitro groups is 1. The van der Waals surface area contributed by atoms with Crippen molar-refractivity contribution in [3.8, 4) is 11.6 Å². The van der Waals surface area contributed by atoms with Crippen LogP contribution in [0.5, 0.6) is 11.6 Å². The molecule has 4 aromatic rings. The number of fused-ring (bicyclic) bond motifs is 1. The smallest absolute Gasteiger partial charge is 0.281 e. The highest BCUT2D eigenvalue weighted by Gasteiger charge is 2.33. The molecule has 0 saturated carbocycles. The average Bonchev–Trinajstić information content (AvgIpc) is 3.37. The summed E-state index contributed by atoms with van der Waals surface area (Å²) in [6.07, 6.45) is 1.79. The van der Waals surface area contributed by atoms with Crippen LogP contribution in [0, 0.1) is 10.1 Å². The molecule has 1 atom stereocenters. The van der Waals surface area contributed by atoms with Crippen molar-refractivity contribution < 1.29 is 19.2 Å². The number of nitro benzene ring substituents is 1. The Labute approximate surface area is 206 Å². The van der Waals surface area contributed by atoms with E-state index in [0.717, 1.165) is 22.6 Å². The fraction of sp³-hybridized carbons (Fsp3) is 0.154. The van der Waals surface area contributed by atoms with E-state index in [0.29, 0.717) is 17.3 Å². The van der Waals surface area contributed by atoms with Crippen molar-refractivity contribution in [3.63, 3.8) is 0 Å². The molecule has 2 heterocycles. The summed E-state index contributed by atoms with van der Waals surface area (Å²) >= 11 is 0. The number of ether oxygens (including phenoxy) is 2. The first kappa shape index (κ1) is 22.9. The highest BCUT2D eigenvalue weighted by molar-refractivity contribution is 6.03. The van der Waals surface area contributed by atoms with Crippen LogP contribution in [-0.4, -0.2) is 45.2 Å². The lowest BCUT2D eigenvalue weighted by Crippen LogP contribution is -2.31. The van der Waals surface area contributed by atoms with Gasteiger partial charge in [-0.1, -0.05) is 42.5 Å². The predicted octanol–water partition coefficient (Wildman–Crippen LogP) is 4.30. The molecule has 0 bridgehead atoms. The Morgan fingerprint density at radius 1 is 1.08 bits per heavy atom. The molecule has 36 heavy (non-hydrogen) atoms. The zero-order valence-electron chi connectivity index (χ0n) is 19.3. The van der Waals surface area contributed by atoms with Gasteiger partial charge in [-0.3, -0.25) is 14.9 Å². The van der Waals surface area contributed by atoms with E-state index >= 15 is 0 Å². The molecule has 1 aliphatic rings. The van der Waals surface area contributed by atoms with E-state index in [1.165, 1.54) is 29.5 Å². The van der Waals surface area contributed by atoms with E-state index in [1.807, 2.05) is 54.6 Å². The summed E-state index contributed by atoms with van der Waals surface area (Å²) in [6, 6.07) is 21.1. The number of aromatic nitrogens is 2. The highest BCUT2D eigenvalue weighted by Crippen LogP contribution is 2.34. The van der Waals surface area contributed by atoms with Crippen LogP contribution in [0.1, 0.15) is 23.6 Å². The van der Waals surface area contributed by atoms with Crippen molar-refractivity contribution in [2.75, 3.05) is 13.7 Å². The summed E-state index contributed by atoms with van der Waals surface area (Å²) in [7, 11) is 1.60. The van der Waals surface area contributed by atoms with Crippen molar-refractivity contribution in [3.05, 3.63) is 100 Å². The maximum Gasteiger partial charge on any atom is 0.281 e. The third-order valence-corrected chi connectivity index (χ3v) is 5.90. The van der Waals surface area contributed by atoms with Gasteiger partial charge in [0.05, 0.1) is 34.7 Å². The first-order valence-electron chi connectivity index (χ1n) is 11.1. The fourth-order valence-corrected chi connectivity index (χ4v) is 4.08. The van der Waals surface area contributed by atoms with Gasteiger partial charge < -0.3 is 9.47 Å². The SMILES string of the molecule is COc1ccc([C@@H]2CC(c3ccccc3)=NN2C(=O)COc2ncnc3cc([N+](=O)[O-])ccc23)cc1. The topological polar surface area (TPSA) is 120 Å². The van der Waals surface area contributed by atoms with E-state index in [9.17, 15) is 14.9 Å². The number of carbonyl (C=O) groups excluding carboxylic acids is 1. The quantitative estimate of drug-likeness (QED) is 0.284. The number of nitrogens with zero attached hydrogens (tertiary/aromatic N) is 5. The molecule has 1 aliphatic heterocycles. The molecular weight excluding hydrogens is 462 g/mol. The number of hydrogen-bond acceptors (Lipinski definition) is 8. The van der Waals surface area contributed by atoms with Crippen molar-refractivity contribution in [1.29, 1.82) is 0 Å². The molecule has 0 unspecified atom stereocenters. The van der Waals surface area contributed by atoms with Crippen LogP contribution in [0.2, 0.25) is 0 Å². The Morgan fingerprint density at radius 3 is 2.58 bits per heavy atom. The van der Waals surface area contributed by atoms with Crippen LogP contribution in [0.3, 0.4) is 0 Å². The molecular formula is C26H21N5O5. The minimum absolute atomic E-state index is 0.0922. The largest absolute Gasteiger partial charge is 0.497 e. The van der Waals surface area contributed by atoms with Crippen LogP contribution in [0.4, 0.5) is 5.69 Å². The van der Waals surface area contributed by atoms with Gasteiger partial charge in [-0.2, -0.15) is 5.10 Å². The standard InChI is InChI=1S/C26H21N5O5/c1-35-20-10-7-18(8-11-20)24-14-22(17-5-3-2-4-6-17)29-30(24)25(32)15-36-26-21-12-9-19(31(33)34)13-23(21)27-16-28-26/h2-13,16,24H,14-15H2,1H3/t24-/m0/s1. The number of non-ortho nitro benzene ring substituents is 1. The summed E-state index contributed by atoms with van der Waals surface area (Å²) < 4.78 is 11.0. The molecule has 3 aromatic carbocycles. The molecule has 1 aromatic heterocycles. The van der Waals surface area contributed by atoms with Crippen LogP contribution in [-0.2, 0) is 4.79 Å². The highest BCUT2D eigenvalue weighted by atomic mass is 16.6. The van der Waals surface area contributed by atoms with Gasteiger partial charge in [0.15, 0.2) is 6.61 Å². The molecule has 1 amide bonds. The fourth-order valence-electron chi connectivity index (χ4n) is 4.08. The number of carbonyl (C=O) groups is 1. The van der Waals surface area contributed by atoms with Gasteiger partial charge in [0.25, 0.3) is 11.6 Å². The zero-order chi connectivity index (χ0) is 25.1. The Balaban J connectivity index is 1.40. The van der Waals surface area contributed by atoms with Crippen molar-refractivity contribution in [2.45, 2.75) is 12.5 Å². The number of hydrazone groups is 1. The lowest BCUT2D eigenvalue weighted by Gasteiger charge is -2.22. The normalized spacial score (nSPS) is 15.0. The lowest BCUT2D eigenvalue weighted by molar-refractivity contribution is -0.384. The van der Waals surface area contributed by atoms with E-state index < -0.39 is 4.92 Å². The van der Waals surface area contributed by atoms with Crippen LogP contribution >= 0.6 is 0 Å². The lowest BCUT2D eigenvalue weighted by atomic mass is 9.98. The maximum atomic E-state index is 13.3. The molecule has 10 nitrogen and oxygen atoms in total. The third-order valence-electron chi connectivity index (χ3n) is 5.90. The third kappa shape index (κ3) is 4.56. The van der Waals surface area contributed by atoms with Crippen molar-refractivity contribution in [1.82, 2.24) is 15.0 Å². The molecule has 0 radical (unpaired) electrons. The molecule has 0 saturated heterocycles. The molecule has 10 heteroatoms. The van der Waals surface area contributed by atoms with Crippen molar-refractivity contribution in [2.24, 2.45) is 5.10 Å². The Kier molecular flexibility index (Phi) is 6.23. The first-order chi connectivity index (χ1) is 17.5. The van der Waals surface area contributed by atoms with Gasteiger partial charge >= 0.3 is 0 Å². The van der Waals surface area contributed by atoms with E-state index in [2.05, 4.69) is 15.1 Å². The summed E-state index contributed by atoms with van der Waals surface area (Å²) in [5.74, 6) is 0.532. The van der Waals surface area contributed by atoms with Gasteiger partial charge in [0, 0.05) is 18.6 Å². The Bertz CT molecular complexity index is 1460. The van der Waals surface area contributed by atoms with Crippen LogP contribution in [0.15, 0.2) is 84.2 Å². The summed E-state index contributed by atoms with van der Waals surface area (Å²) in [5.41, 5.74) is 2.91. The van der Waals surface area contributed by atoms with E-state index in [-0.39, 0.29) is 30.1 Å². The van der Waals surface area contributed by atoms with Gasteiger partial charge in [0.2, 0.25) is 5.88 Å². The van der Waals surface area contributed by atoms with Gasteiger partial charge in [-0.15, -0.1) is 0 Å².